The van der Waals surface area contributed by atoms with Crippen LogP contribution in [0.25, 0.3) is 83.4 Å². The van der Waals surface area contributed by atoms with Crippen LogP contribution in [-0.2, 0) is 32.9 Å². The standard InChI is InChI=1S/C63H52N4O.Pt/c1-62(2,3)40-46-36-60(64-41-55(46)45-24-14-9-15-25-45)67-56-35-32-47(63(4,5)6)37-54(56)53-34-33-50(39-59(53)67)68-49-27-18-26-48(38-49)65-42-66(58-31-17-16-30-57(58)65)61-51(43-20-10-7-11-21-43)28-19-29-52(61)44-22-12-8-13-23-44;/h7-37,41H,40H2,1-6H3;/q-2;/i7D,8D,10D,11D,12D,13D,20D,21D,22D,23D;. The van der Waals surface area contributed by atoms with E-state index in [1.165, 1.54) is 11.1 Å². The van der Waals surface area contributed by atoms with E-state index < -0.39 is 60.4 Å². The van der Waals surface area contributed by atoms with E-state index in [-0.39, 0.29) is 59.8 Å². The van der Waals surface area contributed by atoms with Crippen molar-refractivity contribution in [1.29, 1.82) is 0 Å². The van der Waals surface area contributed by atoms with Crippen molar-refractivity contribution in [3.8, 4) is 62.1 Å². The summed E-state index contributed by atoms with van der Waals surface area (Å²) in [6, 6.07) is 42.4. The van der Waals surface area contributed by atoms with Gasteiger partial charge in [0.1, 0.15) is 5.82 Å². The molecule has 3 heterocycles. The van der Waals surface area contributed by atoms with Crippen molar-refractivity contribution >= 4 is 32.8 Å². The Hall–Kier alpha value is -7.33. The molecular weight excluding hydrogens is 1020 g/mol. The van der Waals surface area contributed by atoms with Crippen LogP contribution in [0, 0.1) is 23.9 Å². The van der Waals surface area contributed by atoms with Crippen LogP contribution in [0.4, 0.5) is 0 Å². The Balaban J connectivity index is 0.00000704. The van der Waals surface area contributed by atoms with Gasteiger partial charge in [0.25, 0.3) is 6.33 Å². The molecule has 0 aliphatic rings. The number of benzene rings is 8. The Morgan fingerprint density at radius 2 is 1.28 bits per heavy atom. The van der Waals surface area contributed by atoms with Gasteiger partial charge in [-0.25, -0.2) is 4.98 Å². The smallest absolute Gasteiger partial charge is 0.268 e. The number of nitrogens with zero attached hydrogens (tertiary/aromatic N) is 4. The number of fused-ring (bicyclic) bond motifs is 4. The monoisotopic (exact) mass is 1090 g/mol. The number of imidazole rings is 1. The number of hydrogen-bond donors (Lipinski definition) is 0. The second-order valence-corrected chi connectivity index (χ2v) is 19.2. The summed E-state index contributed by atoms with van der Waals surface area (Å²) in [5.74, 6) is 1.54. The van der Waals surface area contributed by atoms with E-state index in [9.17, 15) is 0 Å². The number of para-hydroxylation sites is 3. The molecule has 342 valence electrons. The van der Waals surface area contributed by atoms with E-state index in [0.29, 0.717) is 28.2 Å². The predicted molar refractivity (Wildman–Crippen MR) is 278 cm³/mol. The van der Waals surface area contributed by atoms with Crippen molar-refractivity contribution in [1.82, 2.24) is 14.1 Å². The summed E-state index contributed by atoms with van der Waals surface area (Å²) in [6.07, 6.45) is 6.22. The van der Waals surface area contributed by atoms with Gasteiger partial charge in [-0.05, 0) is 79.4 Å². The van der Waals surface area contributed by atoms with E-state index >= 15 is 0 Å². The van der Waals surface area contributed by atoms with Crippen LogP contribution in [0.15, 0.2) is 194 Å². The summed E-state index contributed by atoms with van der Waals surface area (Å²) in [5, 5.41) is 2.05. The Kier molecular flexibility index (Phi) is 9.25. The van der Waals surface area contributed by atoms with Crippen molar-refractivity contribution in [2.75, 3.05) is 0 Å². The molecule has 0 saturated carbocycles. The van der Waals surface area contributed by atoms with E-state index in [1.54, 1.807) is 33.4 Å². The molecule has 11 aromatic rings. The summed E-state index contributed by atoms with van der Waals surface area (Å²) in [7, 11) is 0. The molecule has 0 bridgehead atoms. The fourth-order valence-corrected chi connectivity index (χ4v) is 9.00. The number of hydrogen-bond acceptors (Lipinski definition) is 2. The molecule has 0 spiro atoms. The normalized spacial score (nSPS) is 13.9. The molecule has 69 heavy (non-hydrogen) atoms. The van der Waals surface area contributed by atoms with Gasteiger partial charge >= 0.3 is 0 Å². The molecule has 11 rings (SSSR count). The predicted octanol–water partition coefficient (Wildman–Crippen LogP) is 15.5. The Morgan fingerprint density at radius 1 is 0.609 bits per heavy atom. The molecule has 0 amide bonds. The van der Waals surface area contributed by atoms with Gasteiger partial charge in [0.2, 0.25) is 0 Å². The van der Waals surface area contributed by atoms with E-state index in [4.69, 9.17) is 23.4 Å². The number of rotatable bonds is 9. The first-order valence-corrected chi connectivity index (χ1v) is 22.6. The first kappa shape index (κ1) is 34.9. The molecule has 6 heteroatoms. The van der Waals surface area contributed by atoms with Gasteiger partial charge in [-0.15, -0.1) is 29.7 Å². The molecule has 0 unspecified atom stereocenters. The number of pyridine rings is 1. The molecule has 5 nitrogen and oxygen atoms in total. The molecule has 0 aliphatic heterocycles. The van der Waals surface area contributed by atoms with Crippen LogP contribution in [0.2, 0.25) is 0 Å². The summed E-state index contributed by atoms with van der Waals surface area (Å²) in [4.78, 5) is 5.15. The van der Waals surface area contributed by atoms with Crippen molar-refractivity contribution in [3.63, 3.8) is 0 Å². The van der Waals surface area contributed by atoms with Gasteiger partial charge in [-0.3, -0.25) is 4.57 Å². The minimum absolute atomic E-state index is 0. The Morgan fingerprint density at radius 3 is 1.97 bits per heavy atom. The van der Waals surface area contributed by atoms with E-state index in [0.717, 1.165) is 45.2 Å². The Labute approximate surface area is 433 Å². The summed E-state index contributed by atoms with van der Waals surface area (Å²) in [6.45, 7) is 13.3. The maximum absolute atomic E-state index is 9.06. The second-order valence-electron chi connectivity index (χ2n) is 19.2. The molecule has 8 aromatic carbocycles. The molecule has 0 fully saturated rings. The molecule has 3 aromatic heterocycles. The van der Waals surface area contributed by atoms with Crippen molar-refractivity contribution in [2.45, 2.75) is 53.4 Å². The van der Waals surface area contributed by atoms with Crippen molar-refractivity contribution < 1.29 is 44.1 Å². The van der Waals surface area contributed by atoms with Crippen LogP contribution in [0.5, 0.6) is 11.5 Å². The number of ether oxygens (including phenoxy) is 1. The minimum Gasteiger partial charge on any atom is -0.510 e. The maximum atomic E-state index is 9.06. The molecule has 0 N–H and O–H groups in total. The third-order valence-corrected chi connectivity index (χ3v) is 12.1. The van der Waals surface area contributed by atoms with Crippen LogP contribution < -0.4 is 9.30 Å². The van der Waals surface area contributed by atoms with Gasteiger partial charge in [0.15, 0.2) is 0 Å². The van der Waals surface area contributed by atoms with Crippen molar-refractivity contribution in [2.24, 2.45) is 5.41 Å². The zero-order valence-electron chi connectivity index (χ0n) is 48.9. The third kappa shape index (κ3) is 8.84. The largest absolute Gasteiger partial charge is 0.510 e. The van der Waals surface area contributed by atoms with Crippen LogP contribution in [0.1, 0.15) is 66.4 Å². The van der Waals surface area contributed by atoms with Crippen molar-refractivity contribution in [3.05, 3.63) is 224 Å². The van der Waals surface area contributed by atoms with Gasteiger partial charge < -0.3 is 13.9 Å². The Bertz CT molecular complexity index is 4110. The topological polar surface area (TPSA) is 35.9 Å². The van der Waals surface area contributed by atoms with E-state index in [1.807, 2.05) is 66.9 Å². The van der Waals surface area contributed by atoms with E-state index in [2.05, 4.69) is 107 Å². The summed E-state index contributed by atoms with van der Waals surface area (Å²) >= 11 is 0. The molecular formula is C63H52N4OPt-2. The maximum Gasteiger partial charge on any atom is 0.268 e. The van der Waals surface area contributed by atoms with Gasteiger partial charge in [-0.1, -0.05) is 192 Å². The second kappa shape index (κ2) is 18.3. The molecule has 0 radical (unpaired) electrons. The number of aromatic nitrogens is 4. The zero-order chi connectivity index (χ0) is 55.3. The zero-order valence-corrected chi connectivity index (χ0v) is 41.2. The quantitative estimate of drug-likeness (QED) is 0.107. The molecule has 0 atom stereocenters. The fourth-order valence-electron chi connectivity index (χ4n) is 9.00. The first-order valence-electron chi connectivity index (χ1n) is 27.6. The third-order valence-electron chi connectivity index (χ3n) is 12.1. The average Bonchev–Trinajstić information content (AvgIpc) is 4.23. The van der Waals surface area contributed by atoms with Gasteiger partial charge in [0, 0.05) is 49.8 Å². The van der Waals surface area contributed by atoms with Gasteiger partial charge in [0.05, 0.1) is 30.4 Å². The minimum atomic E-state index is -0.573. The fraction of sp³-hybridized carbons (Fsp3) is 0.143. The van der Waals surface area contributed by atoms with Crippen LogP contribution in [-0.4, -0.2) is 14.1 Å². The first-order chi connectivity index (χ1) is 37.1. The SMILES string of the molecule is [2H]c1c([2H])c([2H])c(-c2cccc(-c3c([2H])c([2H])c([2H])c([2H])c3[2H])c2-[n+]2[c-]n(-c3[c-]c(Oc4[c-]c5c(cc4)c4cc(C(C)(C)C)ccc4n5-c4cc(CC(C)(C)C)c(-c5ccccc5)cn4)ccc3)c3ccccc32)c([2H])c1[2H].[Pt]. The van der Waals surface area contributed by atoms with Gasteiger partial charge in [-0.2, -0.15) is 18.2 Å². The summed E-state index contributed by atoms with van der Waals surface area (Å²) < 4.78 is 99.6. The molecule has 0 aliphatic carbocycles. The summed E-state index contributed by atoms with van der Waals surface area (Å²) in [5.41, 5.74) is 8.01. The average molecular weight is 1090 g/mol. The van der Waals surface area contributed by atoms with Crippen LogP contribution in [0.3, 0.4) is 0 Å². The molecule has 0 saturated heterocycles. The van der Waals surface area contributed by atoms with Crippen LogP contribution >= 0.6 is 0 Å².